The Balaban J connectivity index is 1.91. The fourth-order valence-corrected chi connectivity index (χ4v) is 5.40. The number of carboxylic acids is 1. The molecule has 1 N–H and O–H groups in total. The minimum Gasteiger partial charge on any atom is -0.480 e. The van der Waals surface area contributed by atoms with Gasteiger partial charge in [0.15, 0.2) is 0 Å². The van der Waals surface area contributed by atoms with Crippen molar-refractivity contribution < 1.29 is 14.7 Å². The second kappa shape index (κ2) is 5.10. The van der Waals surface area contributed by atoms with E-state index in [1.165, 1.54) is 11.3 Å². The number of hydrogen-bond donors (Lipinski definition) is 1. The van der Waals surface area contributed by atoms with Crippen molar-refractivity contribution in [2.24, 2.45) is 5.92 Å². The van der Waals surface area contributed by atoms with Crippen molar-refractivity contribution in [3.8, 4) is 0 Å². The van der Waals surface area contributed by atoms with Gasteiger partial charge in [0, 0.05) is 10.2 Å². The van der Waals surface area contributed by atoms with Crippen LogP contribution >= 0.6 is 39.0 Å². The Bertz CT molecular complexity index is 529. The van der Waals surface area contributed by atoms with Gasteiger partial charge in [0.05, 0.1) is 5.37 Å². The van der Waals surface area contributed by atoms with Gasteiger partial charge in [-0.2, -0.15) is 0 Å². The molecule has 1 amide bonds. The average Bonchev–Trinajstić information content (AvgIpc) is 2.97. The number of rotatable bonds is 3. The Kier molecular flexibility index (Phi) is 3.61. The molecule has 2 heterocycles. The number of carbonyl (C=O) groups is 2. The van der Waals surface area contributed by atoms with Gasteiger partial charge in [0.2, 0.25) is 0 Å². The molecule has 0 bridgehead atoms. The number of amides is 1. The Hall–Kier alpha value is -0.530. The van der Waals surface area contributed by atoms with Crippen molar-refractivity contribution >= 4 is 50.9 Å². The molecular weight excluding hydrogens is 350 g/mol. The molecule has 1 aromatic rings. The molecule has 4 nitrogen and oxygen atoms in total. The van der Waals surface area contributed by atoms with Crippen molar-refractivity contribution in [1.29, 1.82) is 0 Å². The summed E-state index contributed by atoms with van der Waals surface area (Å²) in [6, 6.07) is 1.13. The lowest BCUT2D eigenvalue weighted by Gasteiger charge is -2.27. The molecule has 102 valence electrons. The van der Waals surface area contributed by atoms with Crippen LogP contribution in [0, 0.1) is 5.92 Å². The summed E-state index contributed by atoms with van der Waals surface area (Å²) in [6.07, 6.45) is 2.19. The molecule has 0 aromatic carbocycles. The highest BCUT2D eigenvalue weighted by Gasteiger charge is 2.48. The lowest BCUT2D eigenvalue weighted by atomic mass is 10.2. The standard InChI is InChI=1S/C12H12BrNO3S2/c13-7-3-4-18-9(7)10(15)14-8(12(16)17)5-19-11(14)6-1-2-6/h3-4,6,8,11H,1-2,5H2,(H,16,17). The largest absolute Gasteiger partial charge is 0.480 e. The maximum Gasteiger partial charge on any atom is 0.327 e. The highest BCUT2D eigenvalue weighted by atomic mass is 79.9. The third kappa shape index (κ3) is 2.43. The molecule has 1 aliphatic heterocycles. The highest BCUT2D eigenvalue weighted by Crippen LogP contribution is 2.46. The molecule has 1 saturated heterocycles. The van der Waals surface area contributed by atoms with Crippen LogP contribution in [0.5, 0.6) is 0 Å². The quantitative estimate of drug-likeness (QED) is 0.898. The number of halogens is 1. The molecule has 1 aromatic heterocycles. The third-order valence-corrected chi connectivity index (χ3v) is 6.68. The average molecular weight is 362 g/mol. The van der Waals surface area contributed by atoms with Crippen molar-refractivity contribution in [3.63, 3.8) is 0 Å². The van der Waals surface area contributed by atoms with Crippen molar-refractivity contribution in [2.45, 2.75) is 24.3 Å². The summed E-state index contributed by atoms with van der Waals surface area (Å²) < 4.78 is 0.748. The van der Waals surface area contributed by atoms with Crippen LogP contribution < -0.4 is 0 Å². The number of hydrogen-bond acceptors (Lipinski definition) is 4. The van der Waals surface area contributed by atoms with E-state index < -0.39 is 12.0 Å². The number of carboxylic acid groups (broad SMARTS) is 1. The summed E-state index contributed by atoms with van der Waals surface area (Å²) in [7, 11) is 0. The molecule has 7 heteroatoms. The third-order valence-electron chi connectivity index (χ3n) is 3.39. The molecule has 2 unspecified atom stereocenters. The summed E-state index contributed by atoms with van der Waals surface area (Å²) in [5.74, 6) is -0.101. The van der Waals surface area contributed by atoms with E-state index in [0.29, 0.717) is 16.5 Å². The van der Waals surface area contributed by atoms with E-state index in [2.05, 4.69) is 15.9 Å². The SMILES string of the molecule is O=C(O)C1CSC(C2CC2)N1C(=O)c1sccc1Br. The molecule has 1 aliphatic carbocycles. The zero-order valence-corrected chi connectivity index (χ0v) is 13.1. The summed E-state index contributed by atoms with van der Waals surface area (Å²) in [4.78, 5) is 26.1. The monoisotopic (exact) mass is 361 g/mol. The van der Waals surface area contributed by atoms with Gasteiger partial charge < -0.3 is 10.0 Å². The van der Waals surface area contributed by atoms with Crippen LogP contribution in [0.2, 0.25) is 0 Å². The molecule has 19 heavy (non-hydrogen) atoms. The summed E-state index contributed by atoms with van der Waals surface area (Å²) in [5.41, 5.74) is 0. The number of aliphatic carboxylic acids is 1. The van der Waals surface area contributed by atoms with Gasteiger partial charge in [-0.05, 0) is 46.1 Å². The number of carbonyl (C=O) groups excluding carboxylic acids is 1. The van der Waals surface area contributed by atoms with E-state index in [4.69, 9.17) is 0 Å². The van der Waals surface area contributed by atoms with Gasteiger partial charge in [-0.1, -0.05) is 0 Å². The second-order valence-corrected chi connectivity index (χ2v) is 7.65. The molecular formula is C12H12BrNO3S2. The lowest BCUT2D eigenvalue weighted by molar-refractivity contribution is -0.141. The van der Waals surface area contributed by atoms with E-state index in [-0.39, 0.29) is 11.3 Å². The Morgan fingerprint density at radius 1 is 1.42 bits per heavy atom. The molecule has 2 fully saturated rings. The maximum absolute atomic E-state index is 12.6. The molecule has 3 rings (SSSR count). The van der Waals surface area contributed by atoms with Crippen LogP contribution in [0.3, 0.4) is 0 Å². The predicted molar refractivity (Wildman–Crippen MR) is 78.6 cm³/mol. The fourth-order valence-electron chi connectivity index (χ4n) is 2.28. The van der Waals surface area contributed by atoms with Crippen LogP contribution in [0.25, 0.3) is 0 Å². The topological polar surface area (TPSA) is 57.6 Å². The number of thioether (sulfide) groups is 1. The van der Waals surface area contributed by atoms with Gasteiger partial charge in [0.25, 0.3) is 5.91 Å². The van der Waals surface area contributed by atoms with Gasteiger partial charge in [-0.3, -0.25) is 4.79 Å². The van der Waals surface area contributed by atoms with Crippen molar-refractivity contribution in [3.05, 3.63) is 20.8 Å². The van der Waals surface area contributed by atoms with Gasteiger partial charge in [-0.25, -0.2) is 4.79 Å². The zero-order chi connectivity index (χ0) is 13.6. The van der Waals surface area contributed by atoms with Crippen LogP contribution in [0.4, 0.5) is 0 Å². The van der Waals surface area contributed by atoms with Crippen molar-refractivity contribution in [2.75, 3.05) is 5.75 Å². The Labute approximate surface area is 127 Å². The Morgan fingerprint density at radius 2 is 2.16 bits per heavy atom. The summed E-state index contributed by atoms with van der Waals surface area (Å²) >= 11 is 6.31. The molecule has 2 aliphatic rings. The van der Waals surface area contributed by atoms with E-state index in [1.807, 2.05) is 11.4 Å². The Morgan fingerprint density at radius 3 is 2.68 bits per heavy atom. The lowest BCUT2D eigenvalue weighted by Crippen LogP contribution is -2.46. The van der Waals surface area contributed by atoms with Gasteiger partial charge in [-0.15, -0.1) is 23.1 Å². The van der Waals surface area contributed by atoms with Crippen LogP contribution in [0.15, 0.2) is 15.9 Å². The van der Waals surface area contributed by atoms with Crippen LogP contribution in [-0.2, 0) is 4.79 Å². The molecule has 1 saturated carbocycles. The second-order valence-electron chi connectivity index (χ2n) is 4.73. The first kappa shape index (κ1) is 13.5. The number of thiophene rings is 1. The predicted octanol–water partition coefficient (Wildman–Crippen LogP) is 2.89. The first-order valence-electron chi connectivity index (χ1n) is 5.99. The minimum absolute atomic E-state index is 0.0302. The summed E-state index contributed by atoms with van der Waals surface area (Å²) in [5, 5.41) is 11.2. The highest BCUT2D eigenvalue weighted by molar-refractivity contribution is 9.10. The maximum atomic E-state index is 12.6. The van der Waals surface area contributed by atoms with Crippen LogP contribution in [0.1, 0.15) is 22.5 Å². The summed E-state index contributed by atoms with van der Waals surface area (Å²) in [6.45, 7) is 0. The zero-order valence-electron chi connectivity index (χ0n) is 9.91. The van der Waals surface area contributed by atoms with Crippen LogP contribution in [-0.4, -0.2) is 39.1 Å². The van der Waals surface area contributed by atoms with Gasteiger partial charge >= 0.3 is 5.97 Å². The van der Waals surface area contributed by atoms with E-state index in [1.54, 1.807) is 16.7 Å². The minimum atomic E-state index is -0.906. The number of nitrogens with zero attached hydrogens (tertiary/aromatic N) is 1. The molecule has 0 radical (unpaired) electrons. The smallest absolute Gasteiger partial charge is 0.327 e. The van der Waals surface area contributed by atoms with E-state index in [0.717, 1.165) is 17.3 Å². The van der Waals surface area contributed by atoms with E-state index >= 15 is 0 Å². The fraction of sp³-hybridized carbons (Fsp3) is 0.500. The molecule has 2 atom stereocenters. The van der Waals surface area contributed by atoms with Crippen molar-refractivity contribution in [1.82, 2.24) is 4.90 Å². The first-order valence-corrected chi connectivity index (χ1v) is 8.72. The first-order chi connectivity index (χ1) is 9.09. The van der Waals surface area contributed by atoms with Gasteiger partial charge in [0.1, 0.15) is 10.9 Å². The molecule has 0 spiro atoms. The van der Waals surface area contributed by atoms with E-state index in [9.17, 15) is 14.7 Å². The normalized spacial score (nSPS) is 26.7.